The largest absolute Gasteiger partial charge is 0.389 e. The normalized spacial score (nSPS) is 10.7. The Kier molecular flexibility index (Phi) is 6.76. The molecule has 0 aliphatic rings. The SMILES string of the molecule is C=Cc1sc(-c2nccs2)nc1C(=O)CCCCCC(=O)CO. The van der Waals surface area contributed by atoms with E-state index in [9.17, 15) is 9.59 Å². The summed E-state index contributed by atoms with van der Waals surface area (Å²) in [5, 5.41) is 12.1. The Morgan fingerprint density at radius 2 is 2.00 bits per heavy atom. The number of rotatable bonds is 10. The molecular formula is C16H18N2O3S2. The van der Waals surface area contributed by atoms with Gasteiger partial charge in [-0.2, -0.15) is 0 Å². The Morgan fingerprint density at radius 1 is 1.22 bits per heavy atom. The van der Waals surface area contributed by atoms with Crippen molar-refractivity contribution in [2.75, 3.05) is 6.61 Å². The summed E-state index contributed by atoms with van der Waals surface area (Å²) in [5.74, 6) is -0.162. The van der Waals surface area contributed by atoms with E-state index in [1.807, 2.05) is 5.38 Å². The molecule has 0 radical (unpaired) electrons. The molecule has 0 atom stereocenters. The lowest BCUT2D eigenvalue weighted by Crippen LogP contribution is -2.04. The van der Waals surface area contributed by atoms with E-state index >= 15 is 0 Å². The molecule has 0 saturated carbocycles. The maximum Gasteiger partial charge on any atom is 0.182 e. The lowest BCUT2D eigenvalue weighted by atomic mass is 10.1. The first-order valence-electron chi connectivity index (χ1n) is 7.34. The highest BCUT2D eigenvalue weighted by atomic mass is 32.1. The van der Waals surface area contributed by atoms with Gasteiger partial charge in [0.15, 0.2) is 21.6 Å². The van der Waals surface area contributed by atoms with Gasteiger partial charge in [0, 0.05) is 24.4 Å². The maximum absolute atomic E-state index is 12.3. The molecule has 2 aromatic heterocycles. The van der Waals surface area contributed by atoms with Gasteiger partial charge >= 0.3 is 0 Å². The Hall–Kier alpha value is -1.70. The smallest absolute Gasteiger partial charge is 0.182 e. The standard InChI is InChI=1S/C16H18N2O3S2/c1-2-13-14(18-16(23-13)15-17-8-9-22-15)12(21)7-5-3-4-6-11(20)10-19/h2,8-9,19H,1,3-7,10H2. The van der Waals surface area contributed by atoms with Crippen LogP contribution in [0.15, 0.2) is 18.2 Å². The number of nitrogens with zero attached hydrogens (tertiary/aromatic N) is 2. The fourth-order valence-corrected chi connectivity index (χ4v) is 3.69. The van der Waals surface area contributed by atoms with Crippen molar-refractivity contribution in [1.82, 2.24) is 9.97 Å². The summed E-state index contributed by atoms with van der Waals surface area (Å²) in [6, 6.07) is 0. The molecule has 0 aliphatic carbocycles. The Morgan fingerprint density at radius 3 is 2.65 bits per heavy atom. The van der Waals surface area contributed by atoms with Crippen LogP contribution in [0.2, 0.25) is 0 Å². The molecule has 0 aliphatic heterocycles. The van der Waals surface area contributed by atoms with Crippen LogP contribution < -0.4 is 0 Å². The summed E-state index contributed by atoms with van der Waals surface area (Å²) in [7, 11) is 0. The van der Waals surface area contributed by atoms with Gasteiger partial charge in [0.25, 0.3) is 0 Å². The zero-order valence-electron chi connectivity index (χ0n) is 12.7. The Labute approximate surface area is 142 Å². The van der Waals surface area contributed by atoms with Gasteiger partial charge in [-0.1, -0.05) is 13.0 Å². The minimum atomic E-state index is -0.403. The number of unbranched alkanes of at least 4 members (excludes halogenated alkanes) is 2. The first-order chi connectivity index (χ1) is 11.2. The summed E-state index contributed by atoms with van der Waals surface area (Å²) >= 11 is 2.91. The van der Waals surface area contributed by atoms with Crippen LogP contribution >= 0.6 is 22.7 Å². The zero-order chi connectivity index (χ0) is 16.7. The second-order valence-corrected chi connectivity index (χ2v) is 6.88. The molecule has 0 saturated heterocycles. The van der Waals surface area contributed by atoms with Crippen molar-refractivity contribution in [2.24, 2.45) is 0 Å². The quantitative estimate of drug-likeness (QED) is 0.523. The molecule has 5 nitrogen and oxygen atoms in total. The van der Waals surface area contributed by atoms with Gasteiger partial charge in [0.1, 0.15) is 12.3 Å². The molecule has 7 heteroatoms. The lowest BCUT2D eigenvalue weighted by molar-refractivity contribution is -0.121. The molecular weight excluding hydrogens is 332 g/mol. The van der Waals surface area contributed by atoms with Crippen LogP contribution in [0, 0.1) is 0 Å². The van der Waals surface area contributed by atoms with Crippen molar-refractivity contribution >= 4 is 40.3 Å². The number of Topliss-reactive ketones (excluding diaryl/α,β-unsaturated/α-hetero) is 2. The third-order valence-corrected chi connectivity index (χ3v) is 5.22. The highest BCUT2D eigenvalue weighted by Gasteiger charge is 2.18. The van der Waals surface area contributed by atoms with Gasteiger partial charge in [-0.25, -0.2) is 9.97 Å². The molecule has 1 N–H and O–H groups in total. The second kappa shape index (κ2) is 8.81. The number of aliphatic hydroxyl groups excluding tert-OH is 1. The minimum Gasteiger partial charge on any atom is -0.389 e. The van der Waals surface area contributed by atoms with Crippen LogP contribution in [0.4, 0.5) is 0 Å². The minimum absolute atomic E-state index is 0.00700. The summed E-state index contributed by atoms with van der Waals surface area (Å²) in [5.41, 5.74) is 0.460. The molecule has 23 heavy (non-hydrogen) atoms. The predicted molar refractivity (Wildman–Crippen MR) is 92.8 cm³/mol. The number of carbonyl (C=O) groups excluding carboxylic acids is 2. The molecule has 0 unspecified atom stereocenters. The Balaban J connectivity index is 1.91. The van der Waals surface area contributed by atoms with E-state index in [0.29, 0.717) is 31.4 Å². The monoisotopic (exact) mass is 350 g/mol. The third-order valence-electron chi connectivity index (χ3n) is 3.25. The number of carbonyl (C=O) groups is 2. The Bertz CT molecular complexity index is 678. The van der Waals surface area contributed by atoms with Crippen LogP contribution in [-0.2, 0) is 4.79 Å². The number of ketones is 2. The molecule has 0 aromatic carbocycles. The van der Waals surface area contributed by atoms with E-state index in [1.54, 1.807) is 12.3 Å². The van der Waals surface area contributed by atoms with Crippen LogP contribution in [0.3, 0.4) is 0 Å². The van der Waals surface area contributed by atoms with Gasteiger partial charge in [-0.05, 0) is 18.9 Å². The van der Waals surface area contributed by atoms with Crippen molar-refractivity contribution in [3.8, 4) is 10.0 Å². The first-order valence-corrected chi connectivity index (χ1v) is 9.04. The average molecular weight is 350 g/mol. The highest BCUT2D eigenvalue weighted by Crippen LogP contribution is 2.31. The van der Waals surface area contributed by atoms with E-state index < -0.39 is 6.61 Å². The average Bonchev–Trinajstić information content (AvgIpc) is 3.22. The van der Waals surface area contributed by atoms with Gasteiger partial charge in [0.05, 0.1) is 4.88 Å². The van der Waals surface area contributed by atoms with Gasteiger partial charge in [-0.15, -0.1) is 22.7 Å². The van der Waals surface area contributed by atoms with Crippen molar-refractivity contribution in [2.45, 2.75) is 32.1 Å². The second-order valence-electron chi connectivity index (χ2n) is 4.95. The fraction of sp³-hybridized carbons (Fsp3) is 0.375. The van der Waals surface area contributed by atoms with E-state index in [2.05, 4.69) is 16.5 Å². The number of aliphatic hydroxyl groups is 1. The highest BCUT2D eigenvalue weighted by molar-refractivity contribution is 7.21. The lowest BCUT2D eigenvalue weighted by Gasteiger charge is -2.00. The van der Waals surface area contributed by atoms with Crippen LogP contribution in [0.1, 0.15) is 47.5 Å². The number of hydrogen-bond donors (Lipinski definition) is 1. The van der Waals surface area contributed by atoms with Crippen molar-refractivity contribution in [1.29, 1.82) is 0 Å². The van der Waals surface area contributed by atoms with E-state index in [4.69, 9.17) is 5.11 Å². The number of thiazole rings is 2. The molecule has 0 amide bonds. The van der Waals surface area contributed by atoms with Crippen molar-refractivity contribution < 1.29 is 14.7 Å². The summed E-state index contributed by atoms with van der Waals surface area (Å²) < 4.78 is 0. The van der Waals surface area contributed by atoms with Gasteiger partial charge in [-0.3, -0.25) is 9.59 Å². The van der Waals surface area contributed by atoms with Crippen molar-refractivity contribution in [3.63, 3.8) is 0 Å². The molecule has 2 heterocycles. The first kappa shape index (κ1) is 17.7. The molecule has 2 rings (SSSR count). The van der Waals surface area contributed by atoms with Crippen LogP contribution in [0.25, 0.3) is 16.1 Å². The van der Waals surface area contributed by atoms with E-state index in [0.717, 1.165) is 21.3 Å². The molecule has 2 aromatic rings. The van der Waals surface area contributed by atoms with Gasteiger partial charge < -0.3 is 5.11 Å². The maximum atomic E-state index is 12.3. The molecule has 0 spiro atoms. The molecule has 122 valence electrons. The zero-order valence-corrected chi connectivity index (χ0v) is 14.3. The number of aromatic nitrogens is 2. The summed E-state index contributed by atoms with van der Waals surface area (Å²) in [4.78, 5) is 32.7. The predicted octanol–water partition coefficient (Wildman–Crippen LogP) is 3.60. The summed E-state index contributed by atoms with van der Waals surface area (Å²) in [6.45, 7) is 3.34. The van der Waals surface area contributed by atoms with E-state index in [-0.39, 0.29) is 11.6 Å². The third kappa shape index (κ3) is 4.89. The summed E-state index contributed by atoms with van der Waals surface area (Å²) in [6.07, 6.45) is 6.32. The molecule has 0 fully saturated rings. The van der Waals surface area contributed by atoms with Gasteiger partial charge in [0.2, 0.25) is 0 Å². The van der Waals surface area contributed by atoms with E-state index in [1.165, 1.54) is 22.7 Å². The molecule has 0 bridgehead atoms. The number of hydrogen-bond acceptors (Lipinski definition) is 7. The van der Waals surface area contributed by atoms with Crippen LogP contribution in [-0.4, -0.2) is 33.2 Å². The van der Waals surface area contributed by atoms with Crippen LogP contribution in [0.5, 0.6) is 0 Å². The van der Waals surface area contributed by atoms with Crippen molar-refractivity contribution in [3.05, 3.63) is 28.7 Å². The fourth-order valence-electron chi connectivity index (χ4n) is 2.07. The topological polar surface area (TPSA) is 80.2 Å².